The van der Waals surface area contributed by atoms with Crippen molar-refractivity contribution in [3.63, 3.8) is 0 Å². The van der Waals surface area contributed by atoms with Gasteiger partial charge in [-0.15, -0.1) is 0 Å². The highest BCUT2D eigenvalue weighted by atomic mass is 79.9. The lowest BCUT2D eigenvalue weighted by Crippen LogP contribution is -2.41. The Morgan fingerprint density at radius 2 is 1.42 bits per heavy atom. The van der Waals surface area contributed by atoms with Crippen LogP contribution in [-0.4, -0.2) is 22.9 Å². The Hall–Kier alpha value is -1.30. The predicted octanol–water partition coefficient (Wildman–Crippen LogP) is 4.39. The number of fused-ring (bicyclic) bond motifs is 3. The van der Waals surface area contributed by atoms with Crippen LogP contribution < -0.4 is 5.46 Å². The highest BCUT2D eigenvalue weighted by molar-refractivity contribution is 9.10. The number of hydrogen-bond donors (Lipinski definition) is 0. The van der Waals surface area contributed by atoms with Crippen molar-refractivity contribution in [1.82, 2.24) is 4.57 Å². The number of rotatable bonds is 1. The minimum absolute atomic E-state index is 0.325. The quantitative estimate of drug-likeness (QED) is 0.580. The molecule has 0 amide bonds. The van der Waals surface area contributed by atoms with E-state index in [0.29, 0.717) is 0 Å². The third-order valence-corrected chi connectivity index (χ3v) is 6.01. The second-order valence-corrected chi connectivity index (χ2v) is 8.50. The summed E-state index contributed by atoms with van der Waals surface area (Å²) in [5.74, 6) is 0. The molecule has 0 radical (unpaired) electrons. The summed E-state index contributed by atoms with van der Waals surface area (Å²) >= 11 is 3.58. The van der Waals surface area contributed by atoms with Crippen molar-refractivity contribution in [2.45, 2.75) is 38.9 Å². The van der Waals surface area contributed by atoms with Gasteiger partial charge in [-0.2, -0.15) is 0 Å². The van der Waals surface area contributed by atoms with Crippen LogP contribution in [0.15, 0.2) is 40.9 Å². The van der Waals surface area contributed by atoms with Crippen molar-refractivity contribution in [2.75, 3.05) is 0 Å². The van der Waals surface area contributed by atoms with Gasteiger partial charge in [-0.25, -0.2) is 0 Å². The molecule has 0 saturated carbocycles. The summed E-state index contributed by atoms with van der Waals surface area (Å²) in [5, 5.41) is 2.46. The zero-order valence-electron chi connectivity index (χ0n) is 14.7. The van der Waals surface area contributed by atoms with Crippen LogP contribution in [0.4, 0.5) is 0 Å². The van der Waals surface area contributed by atoms with E-state index in [4.69, 9.17) is 9.31 Å². The van der Waals surface area contributed by atoms with Gasteiger partial charge >= 0.3 is 7.12 Å². The molecule has 1 fully saturated rings. The van der Waals surface area contributed by atoms with Crippen molar-refractivity contribution in [2.24, 2.45) is 7.05 Å². The fourth-order valence-corrected chi connectivity index (χ4v) is 3.69. The number of halogens is 1. The van der Waals surface area contributed by atoms with Crippen LogP contribution in [0.1, 0.15) is 27.7 Å². The lowest BCUT2D eigenvalue weighted by atomic mass is 9.78. The van der Waals surface area contributed by atoms with E-state index in [1.807, 2.05) is 0 Å². The third-order valence-electron chi connectivity index (χ3n) is 5.52. The molecule has 24 heavy (non-hydrogen) atoms. The van der Waals surface area contributed by atoms with Crippen molar-refractivity contribution in [1.29, 1.82) is 0 Å². The Morgan fingerprint density at radius 1 is 0.875 bits per heavy atom. The average Bonchev–Trinajstić information content (AvgIpc) is 2.90. The first-order valence-corrected chi connectivity index (χ1v) is 9.02. The van der Waals surface area contributed by atoms with Gasteiger partial charge in [0.2, 0.25) is 0 Å². The van der Waals surface area contributed by atoms with Gasteiger partial charge < -0.3 is 13.9 Å². The highest BCUT2D eigenvalue weighted by Gasteiger charge is 2.51. The predicted molar refractivity (Wildman–Crippen MR) is 104 cm³/mol. The summed E-state index contributed by atoms with van der Waals surface area (Å²) in [6.07, 6.45) is 0. The van der Waals surface area contributed by atoms with E-state index in [2.05, 4.69) is 91.6 Å². The van der Waals surface area contributed by atoms with Gasteiger partial charge in [-0.1, -0.05) is 28.1 Å². The molecule has 4 rings (SSSR count). The van der Waals surface area contributed by atoms with Gasteiger partial charge in [-0.3, -0.25) is 0 Å². The normalized spacial score (nSPS) is 19.5. The van der Waals surface area contributed by atoms with Crippen molar-refractivity contribution < 1.29 is 9.31 Å². The fraction of sp³-hybridized carbons (Fsp3) is 0.368. The molecule has 1 aliphatic heterocycles. The summed E-state index contributed by atoms with van der Waals surface area (Å²) in [6.45, 7) is 8.34. The maximum Gasteiger partial charge on any atom is 0.494 e. The molecule has 1 aromatic heterocycles. The molecule has 0 bridgehead atoms. The number of benzene rings is 2. The summed E-state index contributed by atoms with van der Waals surface area (Å²) < 4.78 is 15.7. The zero-order chi connectivity index (χ0) is 17.3. The molecule has 124 valence electrons. The molecule has 1 aliphatic rings. The van der Waals surface area contributed by atoms with Crippen LogP contribution in [-0.2, 0) is 16.4 Å². The van der Waals surface area contributed by atoms with E-state index in [1.54, 1.807) is 0 Å². The summed E-state index contributed by atoms with van der Waals surface area (Å²) in [5.41, 5.74) is 2.85. The second kappa shape index (κ2) is 5.10. The smallest absolute Gasteiger partial charge is 0.399 e. The Bertz CT molecular complexity index is 945. The lowest BCUT2D eigenvalue weighted by molar-refractivity contribution is 0.00578. The van der Waals surface area contributed by atoms with Crippen LogP contribution in [0.5, 0.6) is 0 Å². The molecule has 3 aromatic rings. The molecule has 0 atom stereocenters. The monoisotopic (exact) mass is 385 g/mol. The van der Waals surface area contributed by atoms with Crippen LogP contribution in [0, 0.1) is 0 Å². The third kappa shape index (κ3) is 2.26. The van der Waals surface area contributed by atoms with E-state index >= 15 is 0 Å². The Balaban J connectivity index is 1.87. The molecular formula is C19H21BBrNO2. The van der Waals surface area contributed by atoms with Crippen LogP contribution in [0.25, 0.3) is 21.8 Å². The van der Waals surface area contributed by atoms with Gasteiger partial charge in [-0.05, 0) is 57.4 Å². The van der Waals surface area contributed by atoms with Gasteiger partial charge in [0.25, 0.3) is 0 Å². The SMILES string of the molecule is Cn1c2ccc(Br)cc2c2cc(B3OC(C)(C)C(C)(C)O3)ccc21. The standard InChI is InChI=1S/C19H21BBrNO2/c1-18(2)19(3,4)24-20(23-18)12-6-8-16-14(10-12)15-11-13(21)7-9-17(15)22(16)5/h6-11H,1-5H3. The van der Waals surface area contributed by atoms with Crippen LogP contribution in [0.3, 0.4) is 0 Å². The maximum atomic E-state index is 6.20. The molecule has 5 heteroatoms. The molecule has 0 unspecified atom stereocenters. The van der Waals surface area contributed by atoms with Gasteiger partial charge in [0, 0.05) is 33.3 Å². The maximum absolute atomic E-state index is 6.20. The van der Waals surface area contributed by atoms with Gasteiger partial charge in [0.05, 0.1) is 11.2 Å². The number of nitrogens with zero attached hydrogens (tertiary/aromatic N) is 1. The first kappa shape index (κ1) is 16.2. The molecular weight excluding hydrogens is 365 g/mol. The molecule has 0 N–H and O–H groups in total. The summed E-state index contributed by atoms with van der Waals surface area (Å²) in [6, 6.07) is 12.9. The van der Waals surface area contributed by atoms with Gasteiger partial charge in [0.15, 0.2) is 0 Å². The molecule has 0 spiro atoms. The molecule has 3 nitrogen and oxygen atoms in total. The summed E-state index contributed by atoms with van der Waals surface area (Å²) in [7, 11) is 1.77. The second-order valence-electron chi connectivity index (χ2n) is 7.59. The van der Waals surface area contributed by atoms with Crippen molar-refractivity contribution in [3.8, 4) is 0 Å². The molecule has 0 aliphatic carbocycles. The highest BCUT2D eigenvalue weighted by Crippen LogP contribution is 2.37. The number of hydrogen-bond acceptors (Lipinski definition) is 2. The molecule has 1 saturated heterocycles. The Morgan fingerprint density at radius 3 is 2.04 bits per heavy atom. The van der Waals surface area contributed by atoms with Crippen molar-refractivity contribution >= 4 is 50.3 Å². The topological polar surface area (TPSA) is 23.4 Å². The van der Waals surface area contributed by atoms with Crippen molar-refractivity contribution in [3.05, 3.63) is 40.9 Å². The number of aromatic nitrogens is 1. The lowest BCUT2D eigenvalue weighted by Gasteiger charge is -2.32. The molecule has 2 heterocycles. The van der Waals surface area contributed by atoms with Gasteiger partial charge in [0.1, 0.15) is 0 Å². The fourth-order valence-electron chi connectivity index (χ4n) is 3.33. The Kier molecular flexibility index (Phi) is 3.44. The molecule has 2 aromatic carbocycles. The van der Waals surface area contributed by atoms with E-state index in [-0.39, 0.29) is 18.3 Å². The van der Waals surface area contributed by atoms with E-state index in [0.717, 1.165) is 9.94 Å². The average molecular weight is 386 g/mol. The minimum atomic E-state index is -0.332. The Labute approximate surface area is 151 Å². The zero-order valence-corrected chi connectivity index (χ0v) is 16.3. The van der Waals surface area contributed by atoms with E-state index in [9.17, 15) is 0 Å². The first-order valence-electron chi connectivity index (χ1n) is 8.23. The minimum Gasteiger partial charge on any atom is -0.399 e. The van der Waals surface area contributed by atoms with Crippen LogP contribution >= 0.6 is 15.9 Å². The van der Waals surface area contributed by atoms with E-state index in [1.165, 1.54) is 21.8 Å². The van der Waals surface area contributed by atoms with E-state index < -0.39 is 0 Å². The first-order chi connectivity index (χ1) is 11.2. The number of aryl methyl sites for hydroxylation is 1. The largest absolute Gasteiger partial charge is 0.494 e. The van der Waals surface area contributed by atoms with Crippen LogP contribution in [0.2, 0.25) is 0 Å². The summed E-state index contributed by atoms with van der Waals surface area (Å²) in [4.78, 5) is 0.